The van der Waals surface area contributed by atoms with Crippen LogP contribution in [-0.2, 0) is 46.4 Å². The average molecular weight is 684 g/mol. The van der Waals surface area contributed by atoms with Crippen LogP contribution in [0.5, 0.6) is 5.75 Å². The lowest BCUT2D eigenvalue weighted by molar-refractivity contribution is -0.144. The number of carboxylic acids is 1. The summed E-state index contributed by atoms with van der Waals surface area (Å²) in [6, 6.07) is 8.73. The molecular weight excluding hydrogens is 638 g/mol. The van der Waals surface area contributed by atoms with Crippen LogP contribution < -0.4 is 38.1 Å². The molecule has 0 fully saturated rings. The first-order valence-electron chi connectivity index (χ1n) is 15.7. The Kier molecular flexibility index (Phi) is 15.7. The van der Waals surface area contributed by atoms with Crippen LogP contribution in [0, 0.1) is 5.92 Å². The lowest BCUT2D eigenvalue weighted by Gasteiger charge is -2.27. The fourth-order valence-corrected chi connectivity index (χ4v) is 4.61. The second-order valence-corrected chi connectivity index (χ2v) is 11.7. The number of carbonyl (C=O) groups is 7. The Labute approximate surface area is 283 Å². The van der Waals surface area contributed by atoms with Crippen molar-refractivity contribution >= 4 is 41.4 Å². The number of amides is 6. The molecule has 0 bridgehead atoms. The Morgan fingerprint density at radius 1 is 0.735 bits per heavy atom. The van der Waals surface area contributed by atoms with E-state index in [1.54, 1.807) is 56.3 Å². The van der Waals surface area contributed by atoms with Crippen molar-refractivity contribution in [2.75, 3.05) is 6.54 Å². The maximum Gasteiger partial charge on any atom is 0.326 e. The van der Waals surface area contributed by atoms with Crippen LogP contribution in [0.3, 0.4) is 0 Å². The van der Waals surface area contributed by atoms with Crippen molar-refractivity contribution in [3.63, 3.8) is 0 Å². The van der Waals surface area contributed by atoms with Crippen molar-refractivity contribution in [3.05, 3.63) is 65.7 Å². The molecule has 0 aliphatic carbocycles. The van der Waals surface area contributed by atoms with E-state index in [-0.39, 0.29) is 18.6 Å². The fraction of sp³-hybridized carbons (Fsp3) is 0.424. The van der Waals surface area contributed by atoms with Gasteiger partial charge in [0.15, 0.2) is 0 Å². The van der Waals surface area contributed by atoms with Crippen molar-refractivity contribution in [3.8, 4) is 5.75 Å². The standard InChI is InChI=1S/C33H45N7O9/c1-4-18(2)28(32(47)39-25(33(48)49)16-26(35)42)40-31(46)24(15-20-8-6-5-7-9-20)38-27(43)17-36-29(44)19(3)37-30(45)23(34)14-21-10-12-22(41)13-11-21/h5-13,18-19,23-25,28,41H,4,14-17,34H2,1-3H3,(H2,35,42)(H,36,44)(H,37,45)(H,38,43)(H,39,47)(H,40,46)(H,48,49)/t18-,19+,23-,24-,25-,28-/m0/s1. The average Bonchev–Trinajstić information content (AvgIpc) is 3.06. The molecule has 266 valence electrons. The summed E-state index contributed by atoms with van der Waals surface area (Å²) in [5.41, 5.74) is 12.4. The van der Waals surface area contributed by atoms with Crippen molar-refractivity contribution in [1.82, 2.24) is 26.6 Å². The highest BCUT2D eigenvalue weighted by Crippen LogP contribution is 2.12. The normalized spacial score (nSPS) is 14.4. The second-order valence-electron chi connectivity index (χ2n) is 11.7. The Morgan fingerprint density at radius 3 is 1.92 bits per heavy atom. The molecule has 6 amide bonds. The zero-order valence-electron chi connectivity index (χ0n) is 27.6. The van der Waals surface area contributed by atoms with Crippen LogP contribution in [0.2, 0.25) is 0 Å². The van der Waals surface area contributed by atoms with Gasteiger partial charge in [0.2, 0.25) is 35.4 Å². The number of phenolic OH excluding ortho intramolecular Hbond substituents is 1. The van der Waals surface area contributed by atoms with Gasteiger partial charge in [-0.15, -0.1) is 0 Å². The van der Waals surface area contributed by atoms with Gasteiger partial charge in [0.05, 0.1) is 19.0 Å². The van der Waals surface area contributed by atoms with E-state index in [9.17, 15) is 43.8 Å². The van der Waals surface area contributed by atoms with Crippen LogP contribution in [0.4, 0.5) is 0 Å². The molecule has 6 atom stereocenters. The van der Waals surface area contributed by atoms with Gasteiger partial charge in [0.1, 0.15) is 29.9 Å². The van der Waals surface area contributed by atoms with Crippen molar-refractivity contribution in [1.29, 1.82) is 0 Å². The van der Waals surface area contributed by atoms with Crippen molar-refractivity contribution in [2.45, 2.75) is 76.7 Å². The van der Waals surface area contributed by atoms with Crippen molar-refractivity contribution in [2.24, 2.45) is 17.4 Å². The molecule has 49 heavy (non-hydrogen) atoms. The smallest absolute Gasteiger partial charge is 0.326 e. The maximum atomic E-state index is 13.5. The van der Waals surface area contributed by atoms with Gasteiger partial charge >= 0.3 is 5.97 Å². The molecule has 2 aromatic carbocycles. The SMILES string of the molecule is CC[C@H](C)[C@H](NC(=O)[C@H](Cc1ccccc1)NC(=O)CNC(=O)[C@@H](C)NC(=O)[C@@H](N)Cc1ccc(O)cc1)C(=O)N[C@@H](CC(N)=O)C(=O)O. The van der Waals surface area contributed by atoms with Gasteiger partial charge in [-0.05, 0) is 42.5 Å². The maximum absolute atomic E-state index is 13.5. The summed E-state index contributed by atoms with van der Waals surface area (Å²) >= 11 is 0. The number of benzene rings is 2. The predicted octanol–water partition coefficient (Wildman–Crippen LogP) is -1.41. The minimum atomic E-state index is -1.61. The number of aromatic hydroxyl groups is 1. The van der Waals surface area contributed by atoms with Crippen LogP contribution in [-0.4, -0.2) is 88.4 Å². The van der Waals surface area contributed by atoms with Gasteiger partial charge < -0.3 is 48.3 Å². The zero-order chi connectivity index (χ0) is 36.7. The number of hydrogen-bond donors (Lipinski definition) is 9. The van der Waals surface area contributed by atoms with Gasteiger partial charge in [-0.2, -0.15) is 0 Å². The van der Waals surface area contributed by atoms with Gasteiger partial charge in [0.25, 0.3) is 0 Å². The molecular formula is C33H45N7O9. The van der Waals surface area contributed by atoms with E-state index in [0.717, 1.165) is 0 Å². The zero-order valence-corrected chi connectivity index (χ0v) is 27.6. The first-order valence-corrected chi connectivity index (χ1v) is 15.7. The molecule has 2 aromatic rings. The molecule has 11 N–H and O–H groups in total. The molecule has 0 unspecified atom stereocenters. The molecule has 0 aliphatic heterocycles. The third kappa shape index (κ3) is 13.6. The third-order valence-corrected chi connectivity index (χ3v) is 7.65. The summed E-state index contributed by atoms with van der Waals surface area (Å²) in [4.78, 5) is 87.7. The molecule has 0 heterocycles. The number of carbonyl (C=O) groups excluding carboxylic acids is 6. The molecule has 2 rings (SSSR count). The number of carboxylic acid groups (broad SMARTS) is 1. The van der Waals surface area contributed by atoms with Gasteiger partial charge in [-0.25, -0.2) is 4.79 Å². The van der Waals surface area contributed by atoms with Gasteiger partial charge in [-0.3, -0.25) is 28.8 Å². The molecule has 0 saturated heterocycles. The third-order valence-electron chi connectivity index (χ3n) is 7.65. The first-order chi connectivity index (χ1) is 23.1. The molecule has 0 aliphatic rings. The summed E-state index contributed by atoms with van der Waals surface area (Å²) in [6.07, 6.45) is -0.0908. The predicted molar refractivity (Wildman–Crippen MR) is 177 cm³/mol. The van der Waals surface area contributed by atoms with Crippen LogP contribution in [0.15, 0.2) is 54.6 Å². The first kappa shape index (κ1) is 39.7. The molecule has 16 nitrogen and oxygen atoms in total. The number of primary amides is 1. The summed E-state index contributed by atoms with van der Waals surface area (Å²) in [7, 11) is 0. The van der Waals surface area contributed by atoms with Crippen LogP contribution in [0.25, 0.3) is 0 Å². The summed E-state index contributed by atoms with van der Waals surface area (Å²) in [5.74, 6) is -6.50. The quantitative estimate of drug-likeness (QED) is 0.0834. The molecule has 0 aromatic heterocycles. The van der Waals surface area contributed by atoms with Crippen LogP contribution >= 0.6 is 0 Å². The Hall–Kier alpha value is -5.51. The van der Waals surface area contributed by atoms with E-state index in [2.05, 4.69) is 26.6 Å². The lowest BCUT2D eigenvalue weighted by atomic mass is 9.96. The van der Waals surface area contributed by atoms with E-state index in [1.807, 2.05) is 0 Å². The lowest BCUT2D eigenvalue weighted by Crippen LogP contribution is -2.59. The number of nitrogens with two attached hydrogens (primary N) is 2. The number of rotatable bonds is 19. The van der Waals surface area contributed by atoms with E-state index >= 15 is 0 Å². The molecule has 0 saturated carbocycles. The Morgan fingerprint density at radius 2 is 1.35 bits per heavy atom. The second kappa shape index (κ2) is 19.3. The van der Waals surface area contributed by atoms with Gasteiger partial charge in [-0.1, -0.05) is 62.7 Å². The monoisotopic (exact) mass is 683 g/mol. The Balaban J connectivity index is 2.07. The Bertz CT molecular complexity index is 1470. The minimum absolute atomic E-state index is 0.00596. The summed E-state index contributed by atoms with van der Waals surface area (Å²) in [5, 5.41) is 31.1. The topological polar surface area (TPSA) is 272 Å². The highest BCUT2D eigenvalue weighted by molar-refractivity contribution is 5.96. The van der Waals surface area contributed by atoms with Crippen LogP contribution in [0.1, 0.15) is 44.7 Å². The van der Waals surface area contributed by atoms with Gasteiger partial charge in [0, 0.05) is 6.42 Å². The fourth-order valence-electron chi connectivity index (χ4n) is 4.61. The molecule has 0 radical (unpaired) electrons. The summed E-state index contributed by atoms with van der Waals surface area (Å²) < 4.78 is 0. The van der Waals surface area contributed by atoms with E-state index in [1.165, 1.54) is 19.1 Å². The molecule has 16 heteroatoms. The van der Waals surface area contributed by atoms with Crippen molar-refractivity contribution < 1.29 is 43.8 Å². The van der Waals surface area contributed by atoms with E-state index < -0.39 is 90.5 Å². The number of phenols is 1. The molecule has 0 spiro atoms. The number of aliphatic carboxylic acids is 1. The number of nitrogens with one attached hydrogen (secondary N) is 5. The summed E-state index contributed by atoms with van der Waals surface area (Å²) in [6.45, 7) is 4.27. The number of hydrogen-bond acceptors (Lipinski definition) is 9. The van der Waals surface area contributed by atoms with E-state index in [0.29, 0.717) is 17.5 Å². The highest BCUT2D eigenvalue weighted by atomic mass is 16.4. The largest absolute Gasteiger partial charge is 0.508 e. The highest BCUT2D eigenvalue weighted by Gasteiger charge is 2.33. The minimum Gasteiger partial charge on any atom is -0.508 e. The van der Waals surface area contributed by atoms with E-state index in [4.69, 9.17) is 11.5 Å².